The summed E-state index contributed by atoms with van der Waals surface area (Å²) in [7, 11) is 0. The van der Waals surface area contributed by atoms with Gasteiger partial charge in [-0.15, -0.1) is 0 Å². The van der Waals surface area contributed by atoms with E-state index < -0.39 is 0 Å². The van der Waals surface area contributed by atoms with Crippen molar-refractivity contribution in [3.63, 3.8) is 0 Å². The fourth-order valence-electron chi connectivity index (χ4n) is 4.79. The van der Waals surface area contributed by atoms with E-state index in [1.165, 1.54) is 0 Å². The molecule has 0 aliphatic carbocycles. The molecule has 1 aromatic rings. The molecule has 1 aromatic carbocycles. The van der Waals surface area contributed by atoms with E-state index >= 15 is 0 Å². The molecular weight excluding hydrogens is 326 g/mol. The fourth-order valence-corrected chi connectivity index (χ4v) is 4.79. The van der Waals surface area contributed by atoms with Gasteiger partial charge in [0.25, 0.3) is 5.91 Å². The Bertz CT molecular complexity index is 626. The highest BCUT2D eigenvalue weighted by Crippen LogP contribution is 2.29. The molecule has 1 N–H and O–H groups in total. The molecule has 4 rings (SSSR count). The van der Waals surface area contributed by atoms with Crippen LogP contribution in [-0.2, 0) is 4.79 Å². The quantitative estimate of drug-likeness (QED) is 0.883. The lowest BCUT2D eigenvalue weighted by molar-refractivity contribution is -0.136. The van der Waals surface area contributed by atoms with E-state index in [0.717, 1.165) is 69.3 Å². The van der Waals surface area contributed by atoms with Crippen LogP contribution in [0.3, 0.4) is 0 Å². The van der Waals surface area contributed by atoms with Crippen molar-refractivity contribution in [2.45, 2.75) is 25.7 Å². The molecule has 0 saturated carbocycles. The highest BCUT2D eigenvalue weighted by molar-refractivity contribution is 5.94. The number of hydrogen-bond donors (Lipinski definition) is 1. The number of likely N-dealkylation sites (tertiary alicyclic amines) is 2. The number of nitrogens with zero attached hydrogens (tertiary/aromatic N) is 2. The maximum Gasteiger partial charge on any atom is 0.253 e. The monoisotopic (exact) mass is 355 g/mol. The molecule has 2 atom stereocenters. The van der Waals surface area contributed by atoms with Crippen molar-refractivity contribution in [1.82, 2.24) is 15.1 Å². The van der Waals surface area contributed by atoms with Crippen LogP contribution in [0.2, 0.25) is 0 Å². The Kier molecular flexibility index (Phi) is 5.25. The smallest absolute Gasteiger partial charge is 0.253 e. The lowest BCUT2D eigenvalue weighted by Gasteiger charge is -2.34. The summed E-state index contributed by atoms with van der Waals surface area (Å²) in [5.41, 5.74) is 0.741. The Morgan fingerprint density at radius 2 is 1.38 bits per heavy atom. The molecule has 26 heavy (non-hydrogen) atoms. The summed E-state index contributed by atoms with van der Waals surface area (Å²) in [6.45, 7) is 5.43. The second kappa shape index (κ2) is 7.78. The zero-order valence-corrected chi connectivity index (χ0v) is 15.4. The summed E-state index contributed by atoms with van der Waals surface area (Å²) in [5, 5.41) is 3.49. The van der Waals surface area contributed by atoms with Gasteiger partial charge in [0, 0.05) is 37.7 Å². The van der Waals surface area contributed by atoms with Crippen molar-refractivity contribution in [3.05, 3.63) is 35.9 Å². The van der Waals surface area contributed by atoms with Crippen LogP contribution in [0.4, 0.5) is 0 Å². The molecule has 5 heteroatoms. The van der Waals surface area contributed by atoms with E-state index in [1.54, 1.807) is 0 Å². The normalized spacial score (nSPS) is 27.1. The fraction of sp³-hybridized carbons (Fsp3) is 0.619. The summed E-state index contributed by atoms with van der Waals surface area (Å²) in [6.07, 6.45) is 3.86. The van der Waals surface area contributed by atoms with Gasteiger partial charge in [0.2, 0.25) is 5.91 Å². The molecule has 3 heterocycles. The molecular formula is C21H29N3O2. The molecule has 0 radical (unpaired) electrons. The number of amides is 2. The zero-order valence-electron chi connectivity index (χ0n) is 15.4. The van der Waals surface area contributed by atoms with Crippen molar-refractivity contribution in [2.75, 3.05) is 39.3 Å². The minimum absolute atomic E-state index is 0.0888. The summed E-state index contributed by atoms with van der Waals surface area (Å²) in [5.74, 6) is 2.00. The number of benzene rings is 1. The molecule has 0 bridgehead atoms. The number of hydrogen-bond acceptors (Lipinski definition) is 3. The zero-order chi connectivity index (χ0) is 17.9. The van der Waals surface area contributed by atoms with Gasteiger partial charge in [0.1, 0.15) is 0 Å². The Hall–Kier alpha value is -1.88. The Balaban J connectivity index is 1.30. The summed E-state index contributed by atoms with van der Waals surface area (Å²) < 4.78 is 0. The predicted molar refractivity (Wildman–Crippen MR) is 101 cm³/mol. The van der Waals surface area contributed by atoms with Gasteiger partial charge in [0.05, 0.1) is 0 Å². The molecule has 0 aromatic heterocycles. The van der Waals surface area contributed by atoms with E-state index in [4.69, 9.17) is 0 Å². The summed E-state index contributed by atoms with van der Waals surface area (Å²) in [6, 6.07) is 9.44. The first-order chi connectivity index (χ1) is 12.7. The van der Waals surface area contributed by atoms with Crippen molar-refractivity contribution < 1.29 is 9.59 Å². The Morgan fingerprint density at radius 3 is 2.00 bits per heavy atom. The van der Waals surface area contributed by atoms with Gasteiger partial charge in [-0.05, 0) is 62.7 Å². The minimum Gasteiger partial charge on any atom is -0.342 e. The van der Waals surface area contributed by atoms with Crippen molar-refractivity contribution >= 4 is 11.8 Å². The molecule has 0 unspecified atom stereocenters. The average molecular weight is 355 g/mol. The SMILES string of the molecule is O=C(c1ccccc1)N1CCC(C(=O)N2CC[C@@H]3CNC[C@@H]3CC2)CC1. The minimum atomic E-state index is 0.0888. The highest BCUT2D eigenvalue weighted by Gasteiger charge is 2.35. The molecule has 3 fully saturated rings. The number of nitrogens with one attached hydrogen (secondary N) is 1. The van der Waals surface area contributed by atoms with Gasteiger partial charge >= 0.3 is 0 Å². The van der Waals surface area contributed by atoms with E-state index in [9.17, 15) is 9.59 Å². The third kappa shape index (κ3) is 3.63. The number of rotatable bonds is 2. The lowest BCUT2D eigenvalue weighted by atomic mass is 9.92. The summed E-state index contributed by atoms with van der Waals surface area (Å²) >= 11 is 0. The van der Waals surface area contributed by atoms with Crippen LogP contribution < -0.4 is 5.32 Å². The third-order valence-corrected chi connectivity index (χ3v) is 6.48. The lowest BCUT2D eigenvalue weighted by Crippen LogP contribution is -2.44. The number of fused-ring (bicyclic) bond motifs is 1. The molecule has 140 valence electrons. The average Bonchev–Trinajstić information content (AvgIpc) is 3.06. The maximum atomic E-state index is 13.0. The van der Waals surface area contributed by atoms with Crippen LogP contribution in [0.25, 0.3) is 0 Å². The van der Waals surface area contributed by atoms with Crippen LogP contribution in [-0.4, -0.2) is 60.9 Å². The first-order valence-corrected chi connectivity index (χ1v) is 10.1. The first-order valence-electron chi connectivity index (χ1n) is 10.1. The number of piperidine rings is 1. The van der Waals surface area contributed by atoms with Gasteiger partial charge in [-0.3, -0.25) is 9.59 Å². The van der Waals surface area contributed by atoms with E-state index in [1.807, 2.05) is 35.2 Å². The van der Waals surface area contributed by atoms with Gasteiger partial charge in [-0.1, -0.05) is 18.2 Å². The van der Waals surface area contributed by atoms with Crippen LogP contribution in [0.15, 0.2) is 30.3 Å². The second-order valence-electron chi connectivity index (χ2n) is 8.01. The van der Waals surface area contributed by atoms with Gasteiger partial charge < -0.3 is 15.1 Å². The third-order valence-electron chi connectivity index (χ3n) is 6.48. The van der Waals surface area contributed by atoms with Gasteiger partial charge in [-0.25, -0.2) is 0 Å². The topological polar surface area (TPSA) is 52.7 Å². The predicted octanol–water partition coefficient (Wildman–Crippen LogP) is 2.00. The molecule has 3 aliphatic heterocycles. The van der Waals surface area contributed by atoms with Gasteiger partial charge in [0.15, 0.2) is 0 Å². The second-order valence-corrected chi connectivity index (χ2v) is 8.01. The molecule has 3 aliphatic rings. The summed E-state index contributed by atoms with van der Waals surface area (Å²) in [4.78, 5) is 29.5. The number of carbonyl (C=O) groups is 2. The van der Waals surface area contributed by atoms with E-state index in [2.05, 4.69) is 10.2 Å². The van der Waals surface area contributed by atoms with Crippen LogP contribution >= 0.6 is 0 Å². The standard InChI is InChI=1S/C21H29N3O2/c25-20(16-4-2-1-3-5-16)23-10-6-17(7-11-23)21(26)24-12-8-18-14-22-15-19(18)9-13-24/h1-5,17-19,22H,6-15H2/t18-,19+. The molecule has 3 saturated heterocycles. The largest absolute Gasteiger partial charge is 0.342 e. The van der Waals surface area contributed by atoms with Crippen molar-refractivity contribution in [2.24, 2.45) is 17.8 Å². The van der Waals surface area contributed by atoms with Crippen LogP contribution in [0, 0.1) is 17.8 Å². The van der Waals surface area contributed by atoms with Crippen LogP contribution in [0.1, 0.15) is 36.0 Å². The van der Waals surface area contributed by atoms with Gasteiger partial charge in [-0.2, -0.15) is 0 Å². The Morgan fingerprint density at radius 1 is 0.808 bits per heavy atom. The number of carbonyl (C=O) groups excluding carboxylic acids is 2. The molecule has 5 nitrogen and oxygen atoms in total. The molecule has 2 amide bonds. The van der Waals surface area contributed by atoms with Crippen molar-refractivity contribution in [3.8, 4) is 0 Å². The first kappa shape index (κ1) is 17.5. The van der Waals surface area contributed by atoms with Crippen molar-refractivity contribution in [1.29, 1.82) is 0 Å². The maximum absolute atomic E-state index is 13.0. The molecule has 0 spiro atoms. The van der Waals surface area contributed by atoms with Crippen LogP contribution in [0.5, 0.6) is 0 Å². The van der Waals surface area contributed by atoms with E-state index in [-0.39, 0.29) is 11.8 Å². The van der Waals surface area contributed by atoms with E-state index in [0.29, 0.717) is 19.0 Å². The highest BCUT2D eigenvalue weighted by atomic mass is 16.2. The Labute approximate surface area is 155 Å².